The van der Waals surface area contributed by atoms with Crippen molar-refractivity contribution in [1.82, 2.24) is 21.3 Å². The third-order valence-electron chi connectivity index (χ3n) is 4.87. The molecule has 0 radical (unpaired) electrons. The first kappa shape index (κ1) is 19.1. The van der Waals surface area contributed by atoms with Gasteiger partial charge < -0.3 is 40.2 Å². The summed E-state index contributed by atoms with van der Waals surface area (Å²) in [5.74, 6) is -1.51. The first-order valence-corrected chi connectivity index (χ1v) is 9.25. The number of fused-ring (bicyclic) bond motifs is 4. The second-order valence-corrected chi connectivity index (χ2v) is 6.87. The Morgan fingerprint density at radius 1 is 0.786 bits per heavy atom. The molecule has 0 saturated carbocycles. The summed E-state index contributed by atoms with van der Waals surface area (Å²) in [6, 6.07) is 0. The highest BCUT2D eigenvalue weighted by Gasteiger charge is 2.49. The van der Waals surface area contributed by atoms with Crippen LogP contribution in [0.2, 0.25) is 0 Å². The molecule has 4 amide bonds. The lowest BCUT2D eigenvalue weighted by molar-refractivity contribution is -0.142. The monoisotopic (exact) mass is 398 g/mol. The zero-order valence-corrected chi connectivity index (χ0v) is 15.0. The Bertz CT molecular complexity index is 617. The molecule has 4 N–H and O–H groups in total. The SMILES string of the molecule is O=C(NCCCCNC(=O)C1OC2CNC(=O)C1O2)C1OC2CNC(=O)C1O2. The molecular formula is C16H22N4O8. The Hall–Kier alpha value is -2.28. The summed E-state index contributed by atoms with van der Waals surface area (Å²) < 4.78 is 21.4. The highest BCUT2D eigenvalue weighted by atomic mass is 16.7. The van der Waals surface area contributed by atoms with E-state index in [2.05, 4.69) is 21.3 Å². The van der Waals surface area contributed by atoms with Crippen LogP contribution in [0, 0.1) is 0 Å². The number of morpholine rings is 2. The van der Waals surface area contributed by atoms with Crippen LogP contribution in [0.25, 0.3) is 0 Å². The van der Waals surface area contributed by atoms with E-state index in [4.69, 9.17) is 18.9 Å². The topological polar surface area (TPSA) is 153 Å². The molecule has 28 heavy (non-hydrogen) atoms. The molecule has 4 rings (SSSR count). The van der Waals surface area contributed by atoms with E-state index in [0.29, 0.717) is 25.9 Å². The zero-order valence-electron chi connectivity index (χ0n) is 15.0. The molecule has 4 heterocycles. The van der Waals surface area contributed by atoms with Gasteiger partial charge >= 0.3 is 0 Å². The lowest BCUT2D eigenvalue weighted by Gasteiger charge is -2.18. The number of amides is 4. The minimum atomic E-state index is -0.947. The van der Waals surface area contributed by atoms with Gasteiger partial charge in [-0.2, -0.15) is 0 Å². The average molecular weight is 398 g/mol. The number of carbonyl (C=O) groups excluding carboxylic acids is 4. The molecule has 0 spiro atoms. The molecule has 4 saturated heterocycles. The zero-order chi connectivity index (χ0) is 19.7. The average Bonchev–Trinajstić information content (AvgIpc) is 3.23. The minimum absolute atomic E-state index is 0.234. The molecule has 6 atom stereocenters. The Labute approximate surface area is 159 Å². The van der Waals surface area contributed by atoms with Crippen LogP contribution in [-0.4, -0.2) is 86.8 Å². The van der Waals surface area contributed by atoms with Crippen molar-refractivity contribution in [1.29, 1.82) is 0 Å². The molecule has 0 aromatic rings. The van der Waals surface area contributed by atoms with Gasteiger partial charge in [-0.1, -0.05) is 0 Å². The number of hydrogen-bond donors (Lipinski definition) is 4. The molecular weight excluding hydrogens is 376 g/mol. The minimum Gasteiger partial charge on any atom is -0.354 e. The molecule has 4 aliphatic rings. The number of hydrogen-bond acceptors (Lipinski definition) is 8. The molecule has 4 bridgehead atoms. The number of nitrogens with one attached hydrogen (secondary N) is 4. The van der Waals surface area contributed by atoms with Crippen LogP contribution in [0.3, 0.4) is 0 Å². The van der Waals surface area contributed by atoms with E-state index < -0.39 is 48.8 Å². The summed E-state index contributed by atoms with van der Waals surface area (Å²) in [6.07, 6.45) is -3.68. The Balaban J connectivity index is 1.11. The third-order valence-corrected chi connectivity index (χ3v) is 4.87. The van der Waals surface area contributed by atoms with E-state index in [-0.39, 0.29) is 24.9 Å². The third kappa shape index (κ3) is 3.81. The lowest BCUT2D eigenvalue weighted by Crippen LogP contribution is -2.49. The molecule has 12 nitrogen and oxygen atoms in total. The van der Waals surface area contributed by atoms with Crippen LogP contribution in [0.4, 0.5) is 0 Å². The van der Waals surface area contributed by atoms with Crippen LogP contribution in [0.5, 0.6) is 0 Å². The van der Waals surface area contributed by atoms with E-state index in [9.17, 15) is 19.2 Å². The van der Waals surface area contributed by atoms with Gasteiger partial charge in [0.25, 0.3) is 23.6 Å². The van der Waals surface area contributed by atoms with Crippen molar-refractivity contribution >= 4 is 23.6 Å². The number of carbonyl (C=O) groups is 4. The van der Waals surface area contributed by atoms with Crippen LogP contribution in [0.15, 0.2) is 0 Å². The van der Waals surface area contributed by atoms with E-state index in [0.717, 1.165) is 0 Å². The second kappa shape index (κ2) is 7.99. The standard InChI is InChI=1S/C16H22N4O8/c21-13(9-11-15(23)19-5-7(25-9)27-11)17-3-1-2-4-18-14(22)10-12-16(24)20-6-8(26-10)28-12/h7-12H,1-6H2,(H,17,21)(H,18,22)(H,19,23)(H,20,24). The van der Waals surface area contributed by atoms with Gasteiger partial charge in [0.2, 0.25) is 0 Å². The summed E-state index contributed by atoms with van der Waals surface area (Å²) in [4.78, 5) is 47.6. The largest absolute Gasteiger partial charge is 0.354 e. The van der Waals surface area contributed by atoms with Crippen molar-refractivity contribution < 1.29 is 38.1 Å². The van der Waals surface area contributed by atoms with Crippen molar-refractivity contribution in [2.45, 2.75) is 49.8 Å². The summed E-state index contributed by atoms with van der Waals surface area (Å²) in [7, 11) is 0. The predicted molar refractivity (Wildman–Crippen MR) is 88.3 cm³/mol. The fraction of sp³-hybridized carbons (Fsp3) is 0.750. The Morgan fingerprint density at radius 3 is 1.64 bits per heavy atom. The Kier molecular flexibility index (Phi) is 5.44. The summed E-state index contributed by atoms with van der Waals surface area (Å²) in [6.45, 7) is 1.20. The first-order chi connectivity index (χ1) is 13.5. The fourth-order valence-corrected chi connectivity index (χ4v) is 3.44. The van der Waals surface area contributed by atoms with Gasteiger partial charge in [0.1, 0.15) is 0 Å². The number of ether oxygens (including phenoxy) is 4. The van der Waals surface area contributed by atoms with Gasteiger partial charge in [0, 0.05) is 13.1 Å². The van der Waals surface area contributed by atoms with Crippen molar-refractivity contribution in [3.8, 4) is 0 Å². The van der Waals surface area contributed by atoms with E-state index in [1.165, 1.54) is 0 Å². The number of rotatable bonds is 7. The van der Waals surface area contributed by atoms with Gasteiger partial charge in [-0.05, 0) is 12.8 Å². The highest BCUT2D eigenvalue weighted by Crippen LogP contribution is 2.23. The van der Waals surface area contributed by atoms with Crippen molar-refractivity contribution in [3.63, 3.8) is 0 Å². The summed E-state index contributed by atoms with van der Waals surface area (Å²) in [5.41, 5.74) is 0. The van der Waals surface area contributed by atoms with Crippen molar-refractivity contribution in [2.75, 3.05) is 26.2 Å². The molecule has 0 aliphatic carbocycles. The maximum atomic E-state index is 12.2. The highest BCUT2D eigenvalue weighted by molar-refractivity contribution is 5.92. The van der Waals surface area contributed by atoms with Gasteiger partial charge in [-0.15, -0.1) is 0 Å². The van der Waals surface area contributed by atoms with Crippen molar-refractivity contribution in [2.24, 2.45) is 0 Å². The Morgan fingerprint density at radius 2 is 1.21 bits per heavy atom. The molecule has 0 aromatic carbocycles. The number of unbranched alkanes of at least 4 members (excludes halogenated alkanes) is 1. The fourth-order valence-electron chi connectivity index (χ4n) is 3.44. The first-order valence-electron chi connectivity index (χ1n) is 9.25. The van der Waals surface area contributed by atoms with Crippen LogP contribution in [0.1, 0.15) is 12.8 Å². The van der Waals surface area contributed by atoms with Crippen LogP contribution in [-0.2, 0) is 38.1 Å². The molecule has 4 aliphatic heterocycles. The summed E-state index contributed by atoms with van der Waals surface area (Å²) >= 11 is 0. The van der Waals surface area contributed by atoms with Gasteiger partial charge in [0.15, 0.2) is 37.0 Å². The maximum Gasteiger partial charge on any atom is 0.252 e. The molecule has 4 fully saturated rings. The van der Waals surface area contributed by atoms with E-state index >= 15 is 0 Å². The van der Waals surface area contributed by atoms with Gasteiger partial charge in [0.05, 0.1) is 13.1 Å². The summed E-state index contributed by atoms with van der Waals surface area (Å²) in [5, 5.41) is 10.6. The van der Waals surface area contributed by atoms with E-state index in [1.54, 1.807) is 0 Å². The van der Waals surface area contributed by atoms with Crippen LogP contribution < -0.4 is 21.3 Å². The normalized spacial score (nSPS) is 35.9. The molecule has 0 aromatic heterocycles. The quantitative estimate of drug-likeness (QED) is 0.322. The van der Waals surface area contributed by atoms with Crippen molar-refractivity contribution in [3.05, 3.63) is 0 Å². The maximum absolute atomic E-state index is 12.2. The molecule has 6 unspecified atom stereocenters. The van der Waals surface area contributed by atoms with Gasteiger partial charge in [-0.25, -0.2) is 0 Å². The molecule has 154 valence electrons. The predicted octanol–water partition coefficient (Wildman–Crippen LogP) is -3.52. The van der Waals surface area contributed by atoms with Crippen LogP contribution >= 0.6 is 0 Å². The molecule has 12 heteroatoms. The lowest BCUT2D eigenvalue weighted by atomic mass is 10.1. The van der Waals surface area contributed by atoms with E-state index in [1.807, 2.05) is 0 Å². The van der Waals surface area contributed by atoms with Gasteiger partial charge in [-0.3, -0.25) is 19.2 Å². The second-order valence-electron chi connectivity index (χ2n) is 6.87. The smallest absolute Gasteiger partial charge is 0.252 e.